The van der Waals surface area contributed by atoms with Crippen LogP contribution in [0, 0.1) is 23.0 Å². The van der Waals surface area contributed by atoms with E-state index >= 15 is 0 Å². The summed E-state index contributed by atoms with van der Waals surface area (Å²) in [6.45, 7) is 5.57. The lowest BCUT2D eigenvalue weighted by molar-refractivity contribution is -0.384. The van der Waals surface area contributed by atoms with E-state index in [-0.39, 0.29) is 17.0 Å². The predicted octanol–water partition coefficient (Wildman–Crippen LogP) is 3.43. The van der Waals surface area contributed by atoms with Gasteiger partial charge in [-0.15, -0.1) is 11.8 Å². The van der Waals surface area contributed by atoms with Crippen molar-refractivity contribution in [3.8, 4) is 0 Å². The fourth-order valence-electron chi connectivity index (χ4n) is 3.22. The van der Waals surface area contributed by atoms with Crippen molar-refractivity contribution in [3.63, 3.8) is 0 Å². The summed E-state index contributed by atoms with van der Waals surface area (Å²) >= 11 is 2.51. The lowest BCUT2D eigenvalue weighted by Crippen LogP contribution is -2.34. The third-order valence-corrected chi connectivity index (χ3v) is 7.34. The highest BCUT2D eigenvalue weighted by Gasteiger charge is 2.24. The number of primary amides is 1. The Balaban J connectivity index is 1.85. The molecule has 0 aliphatic carbocycles. The van der Waals surface area contributed by atoms with Crippen molar-refractivity contribution >= 4 is 51.4 Å². The normalized spacial score (nSPS) is 14.5. The highest BCUT2D eigenvalue weighted by Crippen LogP contribution is 2.34. The van der Waals surface area contributed by atoms with Gasteiger partial charge in [0.15, 0.2) is 5.13 Å². The minimum Gasteiger partial charge on any atom is -0.371 e. The van der Waals surface area contributed by atoms with Crippen molar-refractivity contribution in [2.45, 2.75) is 30.9 Å². The topological polar surface area (TPSA) is 131 Å². The summed E-state index contributed by atoms with van der Waals surface area (Å²) in [4.78, 5) is 41.2. The number of non-ortho nitro benzene ring substituents is 1. The number of anilines is 2. The van der Waals surface area contributed by atoms with Gasteiger partial charge in [0.1, 0.15) is 0 Å². The first kappa shape index (κ1) is 22.0. The van der Waals surface area contributed by atoms with E-state index in [0.29, 0.717) is 22.4 Å². The summed E-state index contributed by atoms with van der Waals surface area (Å²) in [5.41, 5.74) is 6.66. The molecule has 1 aromatic carbocycles. The number of carbonyl (C=O) groups is 2. The predicted molar refractivity (Wildman–Crippen MR) is 118 cm³/mol. The Morgan fingerprint density at radius 3 is 2.73 bits per heavy atom. The Hall–Kier alpha value is -2.66. The lowest BCUT2D eigenvalue weighted by atomic mass is 9.98. The summed E-state index contributed by atoms with van der Waals surface area (Å²) in [5.74, 6) is -0.145. The molecule has 0 saturated carbocycles. The second-order valence-electron chi connectivity index (χ2n) is 7.23. The molecule has 30 heavy (non-hydrogen) atoms. The maximum atomic E-state index is 13.0. The number of carbonyl (C=O) groups excluding carboxylic acids is 2. The van der Waals surface area contributed by atoms with Crippen LogP contribution in [0.1, 0.15) is 35.8 Å². The van der Waals surface area contributed by atoms with Crippen LogP contribution in [0.4, 0.5) is 16.5 Å². The third kappa shape index (κ3) is 5.28. The SMILES string of the molecule is Cc1nc(NC(=O)c2cc([N+](=O)[O-])ccc2N2CCC(C)CC2)sc1SCC(N)=O. The van der Waals surface area contributed by atoms with Gasteiger partial charge < -0.3 is 10.6 Å². The van der Waals surface area contributed by atoms with Gasteiger partial charge in [0.25, 0.3) is 11.6 Å². The Labute approximate surface area is 182 Å². The first-order valence-electron chi connectivity index (χ1n) is 9.48. The Bertz CT molecular complexity index is 970. The van der Waals surface area contributed by atoms with E-state index in [2.05, 4.69) is 22.1 Å². The largest absolute Gasteiger partial charge is 0.371 e. The van der Waals surface area contributed by atoms with Crippen LogP contribution in [0.15, 0.2) is 22.4 Å². The van der Waals surface area contributed by atoms with Crippen LogP contribution in [-0.4, -0.2) is 40.6 Å². The van der Waals surface area contributed by atoms with E-state index in [4.69, 9.17) is 5.73 Å². The van der Waals surface area contributed by atoms with Gasteiger partial charge in [-0.3, -0.25) is 25.0 Å². The number of benzene rings is 1. The van der Waals surface area contributed by atoms with E-state index in [1.165, 1.54) is 35.2 Å². The van der Waals surface area contributed by atoms with Crippen molar-refractivity contribution in [1.82, 2.24) is 4.98 Å². The number of aryl methyl sites for hydroxylation is 1. The number of rotatable bonds is 7. The van der Waals surface area contributed by atoms with Crippen LogP contribution in [0.3, 0.4) is 0 Å². The molecule has 3 rings (SSSR count). The van der Waals surface area contributed by atoms with Crippen molar-refractivity contribution in [2.75, 3.05) is 29.1 Å². The number of nitrogens with zero attached hydrogens (tertiary/aromatic N) is 3. The monoisotopic (exact) mass is 449 g/mol. The number of hydrogen-bond acceptors (Lipinski definition) is 8. The number of aromatic nitrogens is 1. The van der Waals surface area contributed by atoms with Crippen LogP contribution in [-0.2, 0) is 4.79 Å². The fraction of sp³-hybridized carbons (Fsp3) is 0.421. The first-order valence-corrected chi connectivity index (χ1v) is 11.3. The molecular formula is C19H23N5O4S2. The number of hydrogen-bond donors (Lipinski definition) is 2. The number of nitrogens with one attached hydrogen (secondary N) is 1. The molecule has 2 heterocycles. The molecule has 9 nitrogen and oxygen atoms in total. The average molecular weight is 450 g/mol. The number of nitro benzene ring substituents is 1. The molecule has 0 spiro atoms. The zero-order chi connectivity index (χ0) is 21.8. The average Bonchev–Trinajstić information content (AvgIpc) is 3.05. The molecule has 1 saturated heterocycles. The molecule has 0 bridgehead atoms. The Morgan fingerprint density at radius 1 is 1.40 bits per heavy atom. The molecule has 1 aliphatic rings. The molecule has 2 amide bonds. The number of nitro groups is 1. The maximum absolute atomic E-state index is 13.0. The number of thiazole rings is 1. The highest BCUT2D eigenvalue weighted by atomic mass is 32.2. The minimum absolute atomic E-state index is 0.124. The van der Waals surface area contributed by atoms with Crippen LogP contribution in [0.5, 0.6) is 0 Å². The number of amides is 2. The second kappa shape index (κ2) is 9.43. The Morgan fingerprint density at radius 2 is 2.10 bits per heavy atom. The van der Waals surface area contributed by atoms with Crippen LogP contribution < -0.4 is 16.0 Å². The quantitative estimate of drug-likeness (QED) is 0.376. The van der Waals surface area contributed by atoms with Crippen molar-refractivity contribution in [3.05, 3.63) is 39.6 Å². The first-order chi connectivity index (χ1) is 14.2. The molecular weight excluding hydrogens is 426 g/mol. The lowest BCUT2D eigenvalue weighted by Gasteiger charge is -2.33. The molecule has 1 aromatic heterocycles. The van der Waals surface area contributed by atoms with Gasteiger partial charge in [-0.1, -0.05) is 18.3 Å². The van der Waals surface area contributed by atoms with Crippen molar-refractivity contribution < 1.29 is 14.5 Å². The van der Waals surface area contributed by atoms with Crippen LogP contribution >= 0.6 is 23.1 Å². The molecule has 0 atom stereocenters. The number of thioether (sulfide) groups is 1. The van der Waals surface area contributed by atoms with Crippen LogP contribution in [0.2, 0.25) is 0 Å². The molecule has 2 aromatic rings. The van der Waals surface area contributed by atoms with Gasteiger partial charge in [0, 0.05) is 25.2 Å². The van der Waals surface area contributed by atoms with Gasteiger partial charge in [-0.2, -0.15) is 0 Å². The van der Waals surface area contributed by atoms with E-state index in [1.807, 2.05) is 0 Å². The standard InChI is InChI=1S/C19H23N5O4S2/c1-11-5-7-23(8-6-11)15-4-3-13(24(27)28)9-14(15)17(26)22-19-21-12(2)18(30-19)29-10-16(20)25/h3-4,9,11H,5-8,10H2,1-2H3,(H2,20,25)(H,21,22,26). The number of piperidine rings is 1. The zero-order valence-electron chi connectivity index (χ0n) is 16.7. The molecule has 160 valence electrons. The number of nitrogens with two attached hydrogens (primary N) is 1. The summed E-state index contributed by atoms with van der Waals surface area (Å²) in [6.07, 6.45) is 2.01. The van der Waals surface area contributed by atoms with Gasteiger partial charge >= 0.3 is 0 Å². The Kier molecular flexibility index (Phi) is 6.93. The van der Waals surface area contributed by atoms with E-state index in [0.717, 1.165) is 30.1 Å². The van der Waals surface area contributed by atoms with Crippen molar-refractivity contribution in [2.24, 2.45) is 11.7 Å². The highest BCUT2D eigenvalue weighted by molar-refractivity contribution is 8.01. The van der Waals surface area contributed by atoms with Gasteiger partial charge in [-0.05, 0) is 31.7 Å². The van der Waals surface area contributed by atoms with E-state index in [1.54, 1.807) is 13.0 Å². The maximum Gasteiger partial charge on any atom is 0.270 e. The van der Waals surface area contributed by atoms with Crippen molar-refractivity contribution in [1.29, 1.82) is 0 Å². The molecule has 3 N–H and O–H groups in total. The fourth-order valence-corrected chi connectivity index (χ4v) is 5.09. The van der Waals surface area contributed by atoms with Gasteiger partial charge in [0.2, 0.25) is 5.91 Å². The van der Waals surface area contributed by atoms with Crippen LogP contribution in [0.25, 0.3) is 0 Å². The molecule has 0 radical (unpaired) electrons. The summed E-state index contributed by atoms with van der Waals surface area (Å²) < 4.78 is 0.786. The smallest absolute Gasteiger partial charge is 0.270 e. The molecule has 0 unspecified atom stereocenters. The minimum atomic E-state index is -0.509. The van der Waals surface area contributed by atoms with Gasteiger partial charge in [0.05, 0.1) is 31.8 Å². The molecule has 1 fully saturated rings. The third-order valence-electron chi connectivity index (χ3n) is 4.88. The summed E-state index contributed by atoms with van der Waals surface area (Å²) in [7, 11) is 0. The molecule has 1 aliphatic heterocycles. The van der Waals surface area contributed by atoms with Gasteiger partial charge in [-0.25, -0.2) is 4.98 Å². The summed E-state index contributed by atoms with van der Waals surface area (Å²) in [6, 6.07) is 4.38. The molecule has 11 heteroatoms. The summed E-state index contributed by atoms with van der Waals surface area (Å²) in [5, 5.41) is 14.4. The van der Waals surface area contributed by atoms with E-state index in [9.17, 15) is 19.7 Å². The zero-order valence-corrected chi connectivity index (χ0v) is 18.3. The second-order valence-corrected chi connectivity index (χ2v) is 9.47. The van der Waals surface area contributed by atoms with E-state index < -0.39 is 16.7 Å².